The lowest BCUT2D eigenvalue weighted by atomic mass is 9.33. The van der Waals surface area contributed by atoms with Crippen molar-refractivity contribution in [1.29, 1.82) is 0 Å². The van der Waals surface area contributed by atoms with Crippen LogP contribution in [0.1, 0.15) is 113 Å². The molecule has 11 N–H and O–H groups in total. The molecule has 0 spiro atoms. The standard InChI is InChI=1S/C48H76O19/c1-43(2)14-16-48(42(60)61)17-15-46(6)21(22(48)18-43)8-9-26-45(5)12-11-27(44(3,4)25(45)10-13-47(26,46)7)64-41-37(67-40-33(56)31(54)29(52)24(20-50)63-40)35(34(57)36(66-41)38(58)59)65-39-32(55)30(53)28(51)23(19-49)62-39/h8,22-37,39-41,49-57H,9-20H2,1-7H3,(H,58,59)(H,60,61)/t22?,23?,24?,25?,26?,27-,28?,29?,30?,31?,32?,33?,34?,35?,36?,37?,39?,40?,41?,45?,46+,47?,48?/m0/s1. The van der Waals surface area contributed by atoms with E-state index in [1.165, 1.54) is 5.57 Å². The summed E-state index contributed by atoms with van der Waals surface area (Å²) < 4.78 is 36.4. The quantitative estimate of drug-likeness (QED) is 0.107. The highest BCUT2D eigenvalue weighted by molar-refractivity contribution is 5.76. The van der Waals surface area contributed by atoms with Gasteiger partial charge in [-0.25, -0.2) is 4.79 Å². The number of rotatable bonds is 10. The van der Waals surface area contributed by atoms with Crippen molar-refractivity contribution in [3.05, 3.63) is 11.6 Å². The lowest BCUT2D eigenvalue weighted by Gasteiger charge is -2.71. The van der Waals surface area contributed by atoms with E-state index in [0.29, 0.717) is 25.7 Å². The third-order valence-corrected chi connectivity index (χ3v) is 19.3. The summed E-state index contributed by atoms with van der Waals surface area (Å²) in [6.45, 7) is 14.2. The molecule has 5 aliphatic carbocycles. The largest absolute Gasteiger partial charge is 0.481 e. The van der Waals surface area contributed by atoms with Crippen LogP contribution in [-0.2, 0) is 38.0 Å². The Bertz CT molecular complexity index is 1870. The molecule has 0 aromatic heterocycles. The van der Waals surface area contributed by atoms with Gasteiger partial charge in [-0.3, -0.25) is 4.79 Å². The van der Waals surface area contributed by atoms with E-state index in [2.05, 4.69) is 54.5 Å². The number of aliphatic carboxylic acids is 2. The Kier molecular flexibility index (Phi) is 13.8. The topological polar surface area (TPSA) is 312 Å². The van der Waals surface area contributed by atoms with Gasteiger partial charge >= 0.3 is 11.9 Å². The van der Waals surface area contributed by atoms with E-state index in [-0.39, 0.29) is 39.4 Å². The van der Waals surface area contributed by atoms with Gasteiger partial charge in [-0.2, -0.15) is 0 Å². The molecular formula is C48H76O19. The van der Waals surface area contributed by atoms with Crippen molar-refractivity contribution in [2.45, 2.75) is 211 Å². The molecule has 4 saturated carbocycles. The summed E-state index contributed by atoms with van der Waals surface area (Å²) in [6, 6.07) is 0. The second-order valence-corrected chi connectivity index (χ2v) is 23.5. The molecule has 0 radical (unpaired) electrons. The summed E-state index contributed by atoms with van der Waals surface area (Å²) >= 11 is 0. The van der Waals surface area contributed by atoms with E-state index in [4.69, 9.17) is 28.4 Å². The summed E-state index contributed by atoms with van der Waals surface area (Å²) in [5, 5.41) is 117. The first-order valence-electron chi connectivity index (χ1n) is 24.3. The number of fused-ring (bicyclic) bond motifs is 7. The molecule has 21 unspecified atom stereocenters. The van der Waals surface area contributed by atoms with Gasteiger partial charge in [0.25, 0.3) is 0 Å². The van der Waals surface area contributed by atoms with E-state index in [9.17, 15) is 65.8 Å². The molecule has 3 aliphatic heterocycles. The minimum Gasteiger partial charge on any atom is -0.481 e. The molecule has 0 aromatic carbocycles. The second kappa shape index (κ2) is 18.0. The lowest BCUT2D eigenvalue weighted by molar-refractivity contribution is -0.396. The van der Waals surface area contributed by atoms with Crippen molar-refractivity contribution in [3.63, 3.8) is 0 Å². The second-order valence-electron chi connectivity index (χ2n) is 23.5. The fraction of sp³-hybridized carbons (Fsp3) is 0.917. The van der Waals surface area contributed by atoms with Crippen LogP contribution in [0.25, 0.3) is 0 Å². The van der Waals surface area contributed by atoms with Crippen LogP contribution in [0.5, 0.6) is 0 Å². The first-order valence-corrected chi connectivity index (χ1v) is 24.3. The minimum atomic E-state index is -2.12. The van der Waals surface area contributed by atoms with Crippen LogP contribution in [0.4, 0.5) is 0 Å². The average Bonchev–Trinajstić information content (AvgIpc) is 3.26. The Morgan fingerprint density at radius 1 is 0.627 bits per heavy atom. The fourth-order valence-corrected chi connectivity index (χ4v) is 15.1. The van der Waals surface area contributed by atoms with E-state index in [0.717, 1.165) is 38.5 Å². The summed E-state index contributed by atoms with van der Waals surface area (Å²) in [5.41, 5.74) is -0.618. The SMILES string of the molecule is CC1(C)CCC2(C(=O)O)CC[C@]3(C)C(=CCC4C5(C)CC[C@H](OC6OC(C(=O)O)C(O)C(OC7OC(CO)C(O)C(O)C7O)C6OC6OC(CO)C(O)C(O)C6O)C(C)(C)C5CCC43C)C2C1. The monoisotopic (exact) mass is 956 g/mol. The maximum atomic E-state index is 13.2. The van der Waals surface area contributed by atoms with Crippen molar-refractivity contribution >= 4 is 11.9 Å². The third kappa shape index (κ3) is 8.06. The number of ether oxygens (including phenoxy) is 6. The highest BCUT2D eigenvalue weighted by atomic mass is 16.8. The van der Waals surface area contributed by atoms with Crippen LogP contribution >= 0.6 is 0 Å². The molecule has 8 aliphatic rings. The third-order valence-electron chi connectivity index (χ3n) is 19.3. The lowest BCUT2D eigenvalue weighted by Crippen LogP contribution is -2.68. The van der Waals surface area contributed by atoms with Gasteiger partial charge in [-0.05, 0) is 109 Å². The first kappa shape index (κ1) is 51.4. The highest BCUT2D eigenvalue weighted by Crippen LogP contribution is 2.76. The molecule has 19 heteroatoms. The summed E-state index contributed by atoms with van der Waals surface area (Å²) in [7, 11) is 0. The minimum absolute atomic E-state index is 0.0299. The molecule has 382 valence electrons. The van der Waals surface area contributed by atoms with Crippen LogP contribution in [0.3, 0.4) is 0 Å². The molecular weight excluding hydrogens is 881 g/mol. The number of allylic oxidation sites excluding steroid dienone is 2. The van der Waals surface area contributed by atoms with Gasteiger partial charge < -0.3 is 84.6 Å². The number of carboxylic acid groups (broad SMARTS) is 2. The van der Waals surface area contributed by atoms with Gasteiger partial charge in [0.1, 0.15) is 67.1 Å². The molecule has 19 nitrogen and oxygen atoms in total. The Hall–Kier alpha value is -1.92. The number of hydrogen-bond donors (Lipinski definition) is 11. The molecule has 0 amide bonds. The summed E-state index contributed by atoms with van der Waals surface area (Å²) in [4.78, 5) is 26.0. The van der Waals surface area contributed by atoms with Crippen LogP contribution < -0.4 is 0 Å². The zero-order valence-corrected chi connectivity index (χ0v) is 39.7. The van der Waals surface area contributed by atoms with Crippen molar-refractivity contribution in [1.82, 2.24) is 0 Å². The van der Waals surface area contributed by atoms with E-state index in [1.807, 2.05) is 0 Å². The predicted octanol–water partition coefficient (Wildman–Crippen LogP) is 0.799. The van der Waals surface area contributed by atoms with Crippen LogP contribution in [-0.4, -0.2) is 180 Å². The summed E-state index contributed by atoms with van der Waals surface area (Å²) in [6.07, 6.45) is -18.3. The van der Waals surface area contributed by atoms with Crippen LogP contribution in [0.2, 0.25) is 0 Å². The molecule has 67 heavy (non-hydrogen) atoms. The Morgan fingerprint density at radius 3 is 1.75 bits per heavy atom. The van der Waals surface area contributed by atoms with Gasteiger partial charge in [0.2, 0.25) is 0 Å². The molecule has 23 atom stereocenters. The molecule has 3 saturated heterocycles. The normalized spacial score (nSPS) is 52.7. The van der Waals surface area contributed by atoms with Crippen LogP contribution in [0, 0.1) is 50.2 Å². The van der Waals surface area contributed by atoms with Gasteiger partial charge in [-0.1, -0.05) is 60.1 Å². The Labute approximate surface area is 391 Å². The van der Waals surface area contributed by atoms with Crippen molar-refractivity contribution in [2.75, 3.05) is 13.2 Å². The van der Waals surface area contributed by atoms with Gasteiger partial charge in [-0.15, -0.1) is 0 Å². The van der Waals surface area contributed by atoms with Crippen molar-refractivity contribution in [3.8, 4) is 0 Å². The zero-order chi connectivity index (χ0) is 49.1. The zero-order valence-electron chi connectivity index (χ0n) is 39.7. The molecule has 8 rings (SSSR count). The maximum Gasteiger partial charge on any atom is 0.335 e. The molecule has 0 aromatic rings. The van der Waals surface area contributed by atoms with Gasteiger partial charge in [0.05, 0.1) is 24.7 Å². The number of aliphatic hydroxyl groups excluding tert-OH is 9. The highest BCUT2D eigenvalue weighted by Gasteiger charge is 2.70. The number of carbonyl (C=O) groups is 2. The molecule has 0 bridgehead atoms. The number of hydrogen-bond acceptors (Lipinski definition) is 17. The maximum absolute atomic E-state index is 13.2. The van der Waals surface area contributed by atoms with Crippen LogP contribution in [0.15, 0.2) is 11.6 Å². The van der Waals surface area contributed by atoms with Crippen molar-refractivity contribution in [2.24, 2.45) is 50.2 Å². The Balaban J connectivity index is 1.11. The number of aliphatic hydroxyl groups is 9. The smallest absolute Gasteiger partial charge is 0.335 e. The molecule has 7 fully saturated rings. The summed E-state index contributed by atoms with van der Waals surface area (Å²) in [5.74, 6) is -2.06. The van der Waals surface area contributed by atoms with E-state index in [1.54, 1.807) is 0 Å². The van der Waals surface area contributed by atoms with E-state index < -0.39 is 134 Å². The Morgan fingerprint density at radius 2 is 1.19 bits per heavy atom. The first-order chi connectivity index (χ1) is 31.2. The fourth-order valence-electron chi connectivity index (χ4n) is 15.1. The number of carboxylic acids is 2. The van der Waals surface area contributed by atoms with Gasteiger partial charge in [0.15, 0.2) is 25.0 Å². The van der Waals surface area contributed by atoms with Gasteiger partial charge in [0, 0.05) is 0 Å². The predicted molar refractivity (Wildman–Crippen MR) is 231 cm³/mol. The average molecular weight is 957 g/mol. The van der Waals surface area contributed by atoms with Crippen molar-refractivity contribution < 1.29 is 94.2 Å². The van der Waals surface area contributed by atoms with E-state index >= 15 is 0 Å². The molecule has 3 heterocycles.